The minimum Gasteiger partial charge on any atom is -0.314 e. The molecule has 4 aromatic rings. The third-order valence-electron chi connectivity index (χ3n) is 5.77. The van der Waals surface area contributed by atoms with E-state index in [4.69, 9.17) is 16.6 Å². The van der Waals surface area contributed by atoms with Gasteiger partial charge in [-0.3, -0.25) is 9.36 Å². The fourth-order valence-electron chi connectivity index (χ4n) is 4.17. The molecule has 180 valence electrons. The smallest absolute Gasteiger partial charge is 0.314 e. The van der Waals surface area contributed by atoms with Gasteiger partial charge < -0.3 is 10.2 Å². The molecule has 3 aromatic carbocycles. The first-order valence-corrected chi connectivity index (χ1v) is 11.9. The van der Waals surface area contributed by atoms with Crippen molar-refractivity contribution in [2.45, 2.75) is 32.7 Å². The second-order valence-electron chi connectivity index (χ2n) is 8.14. The van der Waals surface area contributed by atoms with Crippen LogP contribution in [-0.2, 0) is 0 Å². The summed E-state index contributed by atoms with van der Waals surface area (Å²) in [6, 6.07) is 19.1. The van der Waals surface area contributed by atoms with Gasteiger partial charge in [0.05, 0.1) is 28.3 Å². The van der Waals surface area contributed by atoms with Gasteiger partial charge in [0.25, 0.3) is 5.56 Å². The van der Waals surface area contributed by atoms with E-state index in [2.05, 4.69) is 5.32 Å². The zero-order valence-corrected chi connectivity index (χ0v) is 20.3. The van der Waals surface area contributed by atoms with Crippen molar-refractivity contribution in [1.82, 2.24) is 14.5 Å². The zero-order valence-electron chi connectivity index (χ0n) is 19.5. The monoisotopic (exact) mass is 492 g/mol. The molecule has 0 aliphatic rings. The topological polar surface area (TPSA) is 67.2 Å². The van der Waals surface area contributed by atoms with Crippen molar-refractivity contribution in [2.75, 3.05) is 11.9 Å². The maximum absolute atomic E-state index is 14.3. The standard InChI is InChI=1S/C27H26ClFN4O2/c1-3-16-32(27(35)31-23-15-8-6-13-21(23)29)24(4-2)25-30-22-14-7-5-12-20(22)26(34)33(25)19-11-9-10-18(28)17-19/h5-15,17,24H,3-4,16H2,1-2H3,(H,31,35). The summed E-state index contributed by atoms with van der Waals surface area (Å²) >= 11 is 6.25. The van der Waals surface area contributed by atoms with E-state index in [1.54, 1.807) is 59.5 Å². The number of aromatic nitrogens is 2. The number of rotatable bonds is 7. The Hall–Kier alpha value is -3.71. The van der Waals surface area contributed by atoms with E-state index in [0.29, 0.717) is 46.8 Å². The summed E-state index contributed by atoms with van der Waals surface area (Å²) in [5.41, 5.74) is 0.930. The number of carbonyl (C=O) groups is 1. The van der Waals surface area contributed by atoms with E-state index in [-0.39, 0.29) is 11.2 Å². The molecule has 0 saturated heterocycles. The summed E-state index contributed by atoms with van der Waals surface area (Å²) in [7, 11) is 0. The molecule has 0 aliphatic heterocycles. The number of nitrogens with zero attached hydrogens (tertiary/aromatic N) is 3. The lowest BCUT2D eigenvalue weighted by molar-refractivity contribution is 0.181. The second kappa shape index (κ2) is 10.7. The molecule has 0 aliphatic carbocycles. The maximum Gasteiger partial charge on any atom is 0.322 e. The fourth-order valence-corrected chi connectivity index (χ4v) is 4.35. The van der Waals surface area contributed by atoms with Gasteiger partial charge in [-0.05, 0) is 55.3 Å². The minimum absolute atomic E-state index is 0.0900. The maximum atomic E-state index is 14.3. The van der Waals surface area contributed by atoms with E-state index in [9.17, 15) is 14.0 Å². The number of benzene rings is 3. The third-order valence-corrected chi connectivity index (χ3v) is 6.00. The van der Waals surface area contributed by atoms with Crippen LogP contribution < -0.4 is 10.9 Å². The molecule has 1 atom stereocenters. The third kappa shape index (κ3) is 5.05. The Morgan fingerprint density at radius 2 is 1.83 bits per heavy atom. The lowest BCUT2D eigenvalue weighted by atomic mass is 10.1. The van der Waals surface area contributed by atoms with Crippen LogP contribution in [0.15, 0.2) is 77.6 Å². The van der Waals surface area contributed by atoms with Gasteiger partial charge >= 0.3 is 6.03 Å². The summed E-state index contributed by atoms with van der Waals surface area (Å²) in [6.45, 7) is 4.26. The van der Waals surface area contributed by atoms with Crippen molar-refractivity contribution < 1.29 is 9.18 Å². The molecule has 0 spiro atoms. The van der Waals surface area contributed by atoms with Gasteiger partial charge in [0.1, 0.15) is 11.6 Å². The minimum atomic E-state index is -0.557. The van der Waals surface area contributed by atoms with Crippen LogP contribution in [0.25, 0.3) is 16.6 Å². The normalized spacial score (nSPS) is 11.9. The van der Waals surface area contributed by atoms with Crippen molar-refractivity contribution >= 4 is 34.2 Å². The molecule has 4 rings (SSSR count). The Morgan fingerprint density at radius 1 is 1.09 bits per heavy atom. The van der Waals surface area contributed by atoms with Crippen molar-refractivity contribution in [3.63, 3.8) is 0 Å². The van der Waals surface area contributed by atoms with E-state index in [1.807, 2.05) is 19.9 Å². The number of para-hydroxylation sites is 2. The molecular formula is C27H26ClFN4O2. The van der Waals surface area contributed by atoms with Crippen LogP contribution in [0, 0.1) is 5.82 Å². The summed E-state index contributed by atoms with van der Waals surface area (Å²) < 4.78 is 15.8. The van der Waals surface area contributed by atoms with Crippen LogP contribution in [-0.4, -0.2) is 27.0 Å². The highest BCUT2D eigenvalue weighted by molar-refractivity contribution is 6.30. The quantitative estimate of drug-likeness (QED) is 0.317. The lowest BCUT2D eigenvalue weighted by Gasteiger charge is -2.32. The predicted molar refractivity (Wildman–Crippen MR) is 138 cm³/mol. The van der Waals surface area contributed by atoms with E-state index < -0.39 is 17.9 Å². The highest BCUT2D eigenvalue weighted by atomic mass is 35.5. The Balaban J connectivity index is 1.88. The summed E-state index contributed by atoms with van der Waals surface area (Å²) in [4.78, 5) is 33.5. The number of hydrogen-bond acceptors (Lipinski definition) is 3. The molecule has 8 heteroatoms. The largest absolute Gasteiger partial charge is 0.322 e. The van der Waals surface area contributed by atoms with Crippen molar-refractivity contribution in [2.24, 2.45) is 0 Å². The number of carbonyl (C=O) groups excluding carboxylic acids is 1. The van der Waals surface area contributed by atoms with Crippen LogP contribution in [0.2, 0.25) is 5.02 Å². The molecule has 1 aromatic heterocycles. The van der Waals surface area contributed by atoms with Crippen LogP contribution in [0.3, 0.4) is 0 Å². The highest BCUT2D eigenvalue weighted by Gasteiger charge is 2.29. The van der Waals surface area contributed by atoms with Gasteiger partial charge in [-0.15, -0.1) is 0 Å². The molecule has 0 saturated carbocycles. The van der Waals surface area contributed by atoms with Gasteiger partial charge in [0.2, 0.25) is 0 Å². The van der Waals surface area contributed by atoms with Gasteiger partial charge in [-0.1, -0.05) is 55.8 Å². The first kappa shape index (κ1) is 24.4. The van der Waals surface area contributed by atoms with E-state index >= 15 is 0 Å². The number of urea groups is 1. The molecule has 0 fully saturated rings. The molecule has 35 heavy (non-hydrogen) atoms. The molecule has 6 nitrogen and oxygen atoms in total. The Morgan fingerprint density at radius 3 is 2.54 bits per heavy atom. The summed E-state index contributed by atoms with van der Waals surface area (Å²) in [5, 5.41) is 3.61. The molecule has 2 amide bonds. The van der Waals surface area contributed by atoms with Crippen LogP contribution in [0.4, 0.5) is 14.9 Å². The van der Waals surface area contributed by atoms with Crippen LogP contribution in [0.1, 0.15) is 38.6 Å². The SMILES string of the molecule is CCCN(C(=O)Nc1ccccc1F)C(CC)c1nc2ccccc2c(=O)n1-c1cccc(Cl)c1. The Kier molecular flexibility index (Phi) is 7.46. The molecule has 1 N–H and O–H groups in total. The van der Waals surface area contributed by atoms with E-state index in [0.717, 1.165) is 0 Å². The van der Waals surface area contributed by atoms with E-state index in [1.165, 1.54) is 16.7 Å². The highest BCUT2D eigenvalue weighted by Crippen LogP contribution is 2.28. The lowest BCUT2D eigenvalue weighted by Crippen LogP contribution is -2.41. The second-order valence-corrected chi connectivity index (χ2v) is 8.57. The first-order valence-electron chi connectivity index (χ1n) is 11.5. The summed E-state index contributed by atoms with van der Waals surface area (Å²) in [6.07, 6.45) is 1.15. The number of anilines is 1. The number of fused-ring (bicyclic) bond motifs is 1. The first-order chi connectivity index (χ1) is 16.9. The zero-order chi connectivity index (χ0) is 24.9. The van der Waals surface area contributed by atoms with Crippen molar-refractivity contribution in [1.29, 1.82) is 0 Å². The molecule has 1 unspecified atom stereocenters. The van der Waals surface area contributed by atoms with Crippen LogP contribution >= 0.6 is 11.6 Å². The number of hydrogen-bond donors (Lipinski definition) is 1. The Labute approximate surface area is 208 Å². The molecular weight excluding hydrogens is 467 g/mol. The average molecular weight is 493 g/mol. The predicted octanol–water partition coefficient (Wildman–Crippen LogP) is 6.57. The molecule has 0 radical (unpaired) electrons. The van der Waals surface area contributed by atoms with Crippen molar-refractivity contribution in [3.05, 3.63) is 99.8 Å². The fraction of sp³-hybridized carbons (Fsp3) is 0.222. The van der Waals surface area contributed by atoms with Crippen LogP contribution in [0.5, 0.6) is 0 Å². The summed E-state index contributed by atoms with van der Waals surface area (Å²) in [5.74, 6) is -0.111. The van der Waals surface area contributed by atoms with Gasteiger partial charge in [0.15, 0.2) is 0 Å². The number of amides is 2. The molecule has 0 bridgehead atoms. The number of nitrogens with one attached hydrogen (secondary N) is 1. The van der Waals surface area contributed by atoms with Gasteiger partial charge in [-0.2, -0.15) is 0 Å². The Bertz CT molecular complexity index is 1420. The number of halogens is 2. The van der Waals surface area contributed by atoms with Gasteiger partial charge in [0, 0.05) is 11.6 Å². The average Bonchev–Trinajstić information content (AvgIpc) is 2.85. The van der Waals surface area contributed by atoms with Crippen molar-refractivity contribution in [3.8, 4) is 5.69 Å². The molecule has 1 heterocycles. The van der Waals surface area contributed by atoms with Gasteiger partial charge in [-0.25, -0.2) is 14.2 Å².